The van der Waals surface area contributed by atoms with Gasteiger partial charge in [0, 0.05) is 18.7 Å². The molecule has 0 fully saturated rings. The van der Waals surface area contributed by atoms with Crippen LogP contribution >= 0.6 is 15.9 Å². The lowest BCUT2D eigenvalue weighted by atomic mass is 10.2. The highest BCUT2D eigenvalue weighted by molar-refractivity contribution is 9.10. The Balaban J connectivity index is 2.17. The van der Waals surface area contributed by atoms with Gasteiger partial charge in [-0.15, -0.1) is 0 Å². The zero-order valence-electron chi connectivity index (χ0n) is 11.1. The number of hydrogen-bond donors (Lipinski definition) is 1. The van der Waals surface area contributed by atoms with Crippen LogP contribution in [-0.4, -0.2) is 9.78 Å². The van der Waals surface area contributed by atoms with Crippen molar-refractivity contribution in [3.05, 3.63) is 56.7 Å². The molecule has 2 aromatic rings. The van der Waals surface area contributed by atoms with Crippen LogP contribution in [0.4, 0.5) is 10.1 Å². The topological polar surface area (TPSA) is 46.9 Å². The Labute approximate surface area is 124 Å². The predicted octanol–water partition coefficient (Wildman–Crippen LogP) is 3.17. The summed E-state index contributed by atoms with van der Waals surface area (Å²) in [6, 6.07) is 6.51. The lowest BCUT2D eigenvalue weighted by Gasteiger charge is -2.10. The maximum absolute atomic E-state index is 13.5. The molecule has 0 aliphatic heterocycles. The van der Waals surface area contributed by atoms with Crippen LogP contribution in [0.5, 0.6) is 0 Å². The largest absolute Gasteiger partial charge is 0.378 e. The monoisotopic (exact) mass is 339 g/mol. The fourth-order valence-electron chi connectivity index (χ4n) is 1.79. The van der Waals surface area contributed by atoms with E-state index < -0.39 is 0 Å². The first kappa shape index (κ1) is 14.7. The van der Waals surface area contributed by atoms with Gasteiger partial charge in [0.15, 0.2) is 0 Å². The van der Waals surface area contributed by atoms with E-state index in [4.69, 9.17) is 0 Å². The number of rotatable bonds is 5. The van der Waals surface area contributed by atoms with Crippen molar-refractivity contribution >= 4 is 21.6 Å². The molecule has 0 radical (unpaired) electrons. The molecule has 0 spiro atoms. The van der Waals surface area contributed by atoms with E-state index in [1.807, 2.05) is 6.92 Å². The van der Waals surface area contributed by atoms with Crippen molar-refractivity contribution in [2.75, 3.05) is 5.32 Å². The van der Waals surface area contributed by atoms with E-state index in [-0.39, 0.29) is 11.4 Å². The van der Waals surface area contributed by atoms with Gasteiger partial charge in [-0.2, -0.15) is 5.10 Å². The average molecular weight is 340 g/mol. The summed E-state index contributed by atoms with van der Waals surface area (Å²) in [5.41, 5.74) is 0.910. The fourth-order valence-corrected chi connectivity index (χ4v) is 2.24. The molecule has 0 atom stereocenters. The van der Waals surface area contributed by atoms with Gasteiger partial charge in [0.25, 0.3) is 5.56 Å². The first-order chi connectivity index (χ1) is 9.63. The van der Waals surface area contributed by atoms with Crippen molar-refractivity contribution in [3.8, 4) is 0 Å². The summed E-state index contributed by atoms with van der Waals surface area (Å²) in [5, 5.41) is 7.10. The highest BCUT2D eigenvalue weighted by atomic mass is 79.9. The van der Waals surface area contributed by atoms with Gasteiger partial charge in [0.2, 0.25) is 0 Å². The molecule has 106 valence electrons. The average Bonchev–Trinajstić information content (AvgIpc) is 2.45. The molecule has 4 nitrogen and oxygen atoms in total. The second-order valence-electron chi connectivity index (χ2n) is 4.35. The molecule has 0 aliphatic rings. The molecular weight excluding hydrogens is 325 g/mol. The van der Waals surface area contributed by atoms with Gasteiger partial charge >= 0.3 is 0 Å². The summed E-state index contributed by atoms with van der Waals surface area (Å²) in [7, 11) is 0. The Bertz CT molecular complexity index is 657. The van der Waals surface area contributed by atoms with Crippen molar-refractivity contribution < 1.29 is 4.39 Å². The molecule has 0 saturated carbocycles. The van der Waals surface area contributed by atoms with Gasteiger partial charge < -0.3 is 5.32 Å². The van der Waals surface area contributed by atoms with E-state index in [2.05, 4.69) is 26.3 Å². The molecule has 20 heavy (non-hydrogen) atoms. The molecule has 6 heteroatoms. The van der Waals surface area contributed by atoms with E-state index in [0.717, 1.165) is 6.42 Å². The molecule has 0 unspecified atom stereocenters. The van der Waals surface area contributed by atoms with Crippen molar-refractivity contribution in [1.29, 1.82) is 0 Å². The number of nitrogens with zero attached hydrogens (tertiary/aromatic N) is 2. The molecule has 0 bridgehead atoms. The minimum absolute atomic E-state index is 0.189. The molecule has 0 aliphatic carbocycles. The van der Waals surface area contributed by atoms with Crippen LogP contribution in [0.25, 0.3) is 0 Å². The summed E-state index contributed by atoms with van der Waals surface area (Å²) in [6.45, 7) is 2.85. The smallest absolute Gasteiger partial charge is 0.283 e. The van der Waals surface area contributed by atoms with E-state index in [1.165, 1.54) is 10.7 Å². The third kappa shape index (κ3) is 3.25. The van der Waals surface area contributed by atoms with Gasteiger partial charge in [-0.05, 0) is 28.4 Å². The van der Waals surface area contributed by atoms with Crippen LogP contribution in [0.2, 0.25) is 0 Å². The normalized spacial score (nSPS) is 10.6. The van der Waals surface area contributed by atoms with E-state index in [0.29, 0.717) is 28.8 Å². The third-order valence-corrected chi connectivity index (χ3v) is 3.61. The van der Waals surface area contributed by atoms with Crippen LogP contribution in [-0.2, 0) is 13.1 Å². The van der Waals surface area contributed by atoms with Crippen molar-refractivity contribution in [3.63, 3.8) is 0 Å². The van der Waals surface area contributed by atoms with Gasteiger partial charge in [0.05, 0.1) is 11.9 Å². The Hall–Kier alpha value is -1.69. The Morgan fingerprint density at radius 1 is 1.40 bits per heavy atom. The number of hydrogen-bond acceptors (Lipinski definition) is 3. The maximum atomic E-state index is 13.5. The summed E-state index contributed by atoms with van der Waals surface area (Å²) < 4.78 is 15.3. The molecule has 0 saturated heterocycles. The summed E-state index contributed by atoms with van der Waals surface area (Å²) in [5.74, 6) is -0.275. The summed E-state index contributed by atoms with van der Waals surface area (Å²) >= 11 is 3.26. The number of nitrogens with one attached hydrogen (secondary N) is 1. The van der Waals surface area contributed by atoms with E-state index in [9.17, 15) is 9.18 Å². The predicted molar refractivity (Wildman–Crippen MR) is 80.2 cm³/mol. The Morgan fingerprint density at radius 3 is 2.85 bits per heavy atom. The van der Waals surface area contributed by atoms with Crippen LogP contribution in [0, 0.1) is 5.82 Å². The Morgan fingerprint density at radius 2 is 2.15 bits per heavy atom. The lowest BCUT2D eigenvalue weighted by molar-refractivity contribution is 0.565. The number of anilines is 1. The third-order valence-electron chi connectivity index (χ3n) is 2.85. The minimum Gasteiger partial charge on any atom is -0.378 e. The number of halogens is 2. The number of benzene rings is 1. The molecule has 1 N–H and O–H groups in total. The molecule has 1 aromatic heterocycles. The highest BCUT2D eigenvalue weighted by Gasteiger charge is 2.09. The van der Waals surface area contributed by atoms with Crippen molar-refractivity contribution in [2.45, 2.75) is 26.4 Å². The first-order valence-electron chi connectivity index (χ1n) is 6.36. The van der Waals surface area contributed by atoms with Crippen LogP contribution in [0.1, 0.15) is 18.9 Å². The van der Waals surface area contributed by atoms with Gasteiger partial charge in [-0.25, -0.2) is 9.07 Å². The maximum Gasteiger partial charge on any atom is 0.283 e. The second kappa shape index (κ2) is 6.65. The SMILES string of the molecule is CCCn1ncc(NCc2ccccc2F)c(Br)c1=O. The zero-order chi connectivity index (χ0) is 14.5. The second-order valence-corrected chi connectivity index (χ2v) is 5.14. The lowest BCUT2D eigenvalue weighted by Crippen LogP contribution is -2.24. The first-order valence-corrected chi connectivity index (χ1v) is 7.15. The number of aromatic nitrogens is 2. The zero-order valence-corrected chi connectivity index (χ0v) is 12.7. The molecule has 0 amide bonds. The van der Waals surface area contributed by atoms with E-state index >= 15 is 0 Å². The summed E-state index contributed by atoms with van der Waals surface area (Å²) in [6.07, 6.45) is 2.41. The molecule has 1 heterocycles. The standard InChI is InChI=1S/C14H15BrFN3O/c1-2-7-19-14(20)13(15)12(9-18-19)17-8-10-5-3-4-6-11(10)16/h3-6,9,17H,2,7-8H2,1H3. The minimum atomic E-state index is -0.275. The van der Waals surface area contributed by atoms with Crippen LogP contribution < -0.4 is 10.9 Å². The molecular formula is C14H15BrFN3O. The number of aryl methyl sites for hydroxylation is 1. The fraction of sp³-hybridized carbons (Fsp3) is 0.286. The summed E-state index contributed by atoms with van der Waals surface area (Å²) in [4.78, 5) is 12.0. The van der Waals surface area contributed by atoms with Gasteiger partial charge in [-0.1, -0.05) is 25.1 Å². The molecule has 2 rings (SSSR count). The van der Waals surface area contributed by atoms with Gasteiger partial charge in [-0.3, -0.25) is 4.79 Å². The molecule has 1 aromatic carbocycles. The van der Waals surface area contributed by atoms with Crippen molar-refractivity contribution in [2.24, 2.45) is 0 Å². The quantitative estimate of drug-likeness (QED) is 0.910. The van der Waals surface area contributed by atoms with Gasteiger partial charge in [0.1, 0.15) is 10.3 Å². The van der Waals surface area contributed by atoms with E-state index in [1.54, 1.807) is 24.4 Å². The van der Waals surface area contributed by atoms with Crippen molar-refractivity contribution in [1.82, 2.24) is 9.78 Å². The van der Waals surface area contributed by atoms with Crippen LogP contribution in [0.3, 0.4) is 0 Å². The highest BCUT2D eigenvalue weighted by Crippen LogP contribution is 2.18. The Kier molecular flexibility index (Phi) is 4.89. The van der Waals surface area contributed by atoms with Crippen LogP contribution in [0.15, 0.2) is 39.7 Å².